The van der Waals surface area contributed by atoms with Crippen LogP contribution in [0.25, 0.3) is 0 Å². The molecule has 0 aromatic heterocycles. The molecule has 2 rings (SSSR count). The fraction of sp³-hybridized carbons (Fsp3) is 1.00. The predicted molar refractivity (Wildman–Crippen MR) is 50.6 cm³/mol. The summed E-state index contributed by atoms with van der Waals surface area (Å²) < 4.78 is 11.0. The molecule has 0 aromatic carbocycles. The van der Waals surface area contributed by atoms with E-state index < -0.39 is 0 Å². The summed E-state index contributed by atoms with van der Waals surface area (Å²) in [5.41, 5.74) is 0. The van der Waals surface area contributed by atoms with E-state index in [4.69, 9.17) is 9.47 Å². The molecule has 2 unspecified atom stereocenters. The van der Waals surface area contributed by atoms with E-state index in [1.54, 1.807) is 0 Å². The van der Waals surface area contributed by atoms with E-state index in [1.165, 1.54) is 19.3 Å². The van der Waals surface area contributed by atoms with Crippen molar-refractivity contribution in [2.24, 2.45) is 5.92 Å². The molecule has 1 heterocycles. The highest BCUT2D eigenvalue weighted by atomic mass is 79.9. The van der Waals surface area contributed by atoms with Crippen LogP contribution in [0.1, 0.15) is 19.3 Å². The molecule has 0 amide bonds. The van der Waals surface area contributed by atoms with E-state index in [0.29, 0.717) is 10.9 Å². The quantitative estimate of drug-likeness (QED) is 0.693. The maximum Gasteiger partial charge on any atom is 0.0955 e. The Kier molecular flexibility index (Phi) is 3.05. The van der Waals surface area contributed by atoms with Gasteiger partial charge in [-0.3, -0.25) is 0 Å². The Balaban J connectivity index is 1.58. The van der Waals surface area contributed by atoms with Gasteiger partial charge in [-0.05, 0) is 12.3 Å². The van der Waals surface area contributed by atoms with E-state index in [-0.39, 0.29) is 0 Å². The number of halogens is 1. The molecule has 0 aromatic rings. The molecule has 2 fully saturated rings. The third-order valence-corrected chi connectivity index (χ3v) is 3.37. The molecule has 3 heteroatoms. The number of hydrogen-bond donors (Lipinski definition) is 0. The summed E-state index contributed by atoms with van der Waals surface area (Å²) in [6, 6.07) is 0. The van der Waals surface area contributed by atoms with Gasteiger partial charge in [0.1, 0.15) is 0 Å². The van der Waals surface area contributed by atoms with Crippen molar-refractivity contribution in [2.45, 2.75) is 30.2 Å². The summed E-state index contributed by atoms with van der Waals surface area (Å²) in [5, 5.41) is 0. The molecule has 1 aliphatic carbocycles. The Hall–Kier alpha value is 0.400. The van der Waals surface area contributed by atoms with Crippen LogP contribution in [0, 0.1) is 5.92 Å². The molecule has 2 atom stereocenters. The van der Waals surface area contributed by atoms with E-state index in [0.717, 1.165) is 25.7 Å². The van der Waals surface area contributed by atoms with Crippen LogP contribution in [-0.4, -0.2) is 30.8 Å². The molecule has 0 N–H and O–H groups in total. The molecule has 0 bridgehead atoms. The molecule has 70 valence electrons. The van der Waals surface area contributed by atoms with E-state index in [9.17, 15) is 0 Å². The van der Waals surface area contributed by atoms with Crippen molar-refractivity contribution in [3.8, 4) is 0 Å². The SMILES string of the molecule is BrC1COCC1OCCC1CC1. The van der Waals surface area contributed by atoms with Crippen LogP contribution in [0.5, 0.6) is 0 Å². The van der Waals surface area contributed by atoms with Crippen LogP contribution >= 0.6 is 15.9 Å². The predicted octanol–water partition coefficient (Wildman–Crippen LogP) is 1.97. The van der Waals surface area contributed by atoms with Gasteiger partial charge >= 0.3 is 0 Å². The maximum absolute atomic E-state index is 5.69. The van der Waals surface area contributed by atoms with Crippen molar-refractivity contribution in [2.75, 3.05) is 19.8 Å². The van der Waals surface area contributed by atoms with Gasteiger partial charge in [-0.2, -0.15) is 0 Å². The van der Waals surface area contributed by atoms with Crippen LogP contribution < -0.4 is 0 Å². The zero-order valence-corrected chi connectivity index (χ0v) is 8.76. The lowest BCUT2D eigenvalue weighted by Crippen LogP contribution is -2.22. The van der Waals surface area contributed by atoms with Crippen molar-refractivity contribution >= 4 is 15.9 Å². The first-order valence-electron chi connectivity index (χ1n) is 4.69. The second kappa shape index (κ2) is 4.07. The molecule has 0 spiro atoms. The average Bonchev–Trinajstić information content (AvgIpc) is 2.78. The molecular formula is C9H15BrO2. The Morgan fingerprint density at radius 1 is 1.33 bits per heavy atom. The van der Waals surface area contributed by atoms with Gasteiger partial charge in [-0.15, -0.1) is 0 Å². The summed E-state index contributed by atoms with van der Waals surface area (Å²) in [6.07, 6.45) is 4.38. The Morgan fingerprint density at radius 2 is 2.17 bits per heavy atom. The maximum atomic E-state index is 5.69. The third-order valence-electron chi connectivity index (χ3n) is 2.52. The minimum absolute atomic E-state index is 0.295. The Morgan fingerprint density at radius 3 is 2.75 bits per heavy atom. The van der Waals surface area contributed by atoms with Crippen molar-refractivity contribution in [1.29, 1.82) is 0 Å². The summed E-state index contributed by atoms with van der Waals surface area (Å²) in [6.45, 7) is 2.48. The summed E-state index contributed by atoms with van der Waals surface area (Å²) >= 11 is 3.54. The molecule has 2 aliphatic rings. The molecular weight excluding hydrogens is 220 g/mol. The number of hydrogen-bond acceptors (Lipinski definition) is 2. The van der Waals surface area contributed by atoms with Crippen molar-refractivity contribution in [3.05, 3.63) is 0 Å². The smallest absolute Gasteiger partial charge is 0.0955 e. The van der Waals surface area contributed by atoms with Crippen LogP contribution in [0.2, 0.25) is 0 Å². The standard InChI is InChI=1S/C9H15BrO2/c10-8-5-11-6-9(8)12-4-3-7-1-2-7/h7-9H,1-6H2. The van der Waals surface area contributed by atoms with E-state index in [1.807, 2.05) is 0 Å². The zero-order chi connectivity index (χ0) is 8.39. The second-order valence-electron chi connectivity index (χ2n) is 3.69. The van der Waals surface area contributed by atoms with Gasteiger partial charge in [0, 0.05) is 6.61 Å². The van der Waals surface area contributed by atoms with Gasteiger partial charge < -0.3 is 9.47 Å². The Bertz CT molecular complexity index is 147. The molecule has 1 saturated heterocycles. The lowest BCUT2D eigenvalue weighted by molar-refractivity contribution is 0.0416. The third kappa shape index (κ3) is 2.44. The van der Waals surface area contributed by atoms with Crippen LogP contribution in [0.15, 0.2) is 0 Å². The first-order valence-corrected chi connectivity index (χ1v) is 5.61. The average molecular weight is 235 g/mol. The number of alkyl halides is 1. The zero-order valence-electron chi connectivity index (χ0n) is 7.17. The van der Waals surface area contributed by atoms with Gasteiger partial charge in [-0.25, -0.2) is 0 Å². The lowest BCUT2D eigenvalue weighted by atomic mass is 10.3. The van der Waals surface area contributed by atoms with Crippen LogP contribution in [-0.2, 0) is 9.47 Å². The first kappa shape index (κ1) is 8.97. The number of ether oxygens (including phenoxy) is 2. The van der Waals surface area contributed by atoms with Crippen LogP contribution in [0.4, 0.5) is 0 Å². The topological polar surface area (TPSA) is 18.5 Å². The monoisotopic (exact) mass is 234 g/mol. The molecule has 1 saturated carbocycles. The highest BCUT2D eigenvalue weighted by Gasteiger charge is 2.27. The minimum Gasteiger partial charge on any atom is -0.377 e. The normalized spacial score (nSPS) is 35.8. The van der Waals surface area contributed by atoms with Crippen molar-refractivity contribution in [1.82, 2.24) is 0 Å². The minimum atomic E-state index is 0.295. The molecule has 1 aliphatic heterocycles. The van der Waals surface area contributed by atoms with Crippen LogP contribution in [0.3, 0.4) is 0 Å². The highest BCUT2D eigenvalue weighted by Crippen LogP contribution is 2.32. The Labute approximate surface area is 81.7 Å². The largest absolute Gasteiger partial charge is 0.377 e. The van der Waals surface area contributed by atoms with E-state index >= 15 is 0 Å². The second-order valence-corrected chi connectivity index (χ2v) is 4.87. The van der Waals surface area contributed by atoms with Crippen molar-refractivity contribution in [3.63, 3.8) is 0 Å². The fourth-order valence-electron chi connectivity index (χ4n) is 1.45. The van der Waals surface area contributed by atoms with Gasteiger partial charge in [0.2, 0.25) is 0 Å². The van der Waals surface area contributed by atoms with Gasteiger partial charge in [0.05, 0.1) is 24.1 Å². The first-order chi connectivity index (χ1) is 5.86. The van der Waals surface area contributed by atoms with Gasteiger partial charge in [-0.1, -0.05) is 28.8 Å². The fourth-order valence-corrected chi connectivity index (χ4v) is 1.95. The molecule has 0 radical (unpaired) electrons. The lowest BCUT2D eigenvalue weighted by Gasteiger charge is -2.12. The summed E-state index contributed by atoms with van der Waals surface area (Å²) in [4.78, 5) is 0.414. The van der Waals surface area contributed by atoms with E-state index in [2.05, 4.69) is 15.9 Å². The van der Waals surface area contributed by atoms with Crippen molar-refractivity contribution < 1.29 is 9.47 Å². The molecule has 12 heavy (non-hydrogen) atoms. The highest BCUT2D eigenvalue weighted by molar-refractivity contribution is 9.09. The van der Waals surface area contributed by atoms with Gasteiger partial charge in [0.15, 0.2) is 0 Å². The number of rotatable bonds is 4. The summed E-state index contributed by atoms with van der Waals surface area (Å²) in [7, 11) is 0. The molecule has 2 nitrogen and oxygen atoms in total. The summed E-state index contributed by atoms with van der Waals surface area (Å²) in [5.74, 6) is 0.973. The van der Waals surface area contributed by atoms with Gasteiger partial charge in [0.25, 0.3) is 0 Å².